The fourth-order valence-electron chi connectivity index (χ4n) is 4.69. The highest BCUT2D eigenvalue weighted by Gasteiger charge is 2.43. The maximum Gasteiger partial charge on any atom is 0.491 e. The Hall–Kier alpha value is -2.55. The van der Waals surface area contributed by atoms with Crippen LogP contribution in [0.3, 0.4) is 0 Å². The van der Waals surface area contributed by atoms with Crippen molar-refractivity contribution in [3.63, 3.8) is 0 Å². The number of halogens is 6. The minimum atomic E-state index is -5.34. The summed E-state index contributed by atoms with van der Waals surface area (Å²) < 4.78 is 109. The Bertz CT molecular complexity index is 1220. The van der Waals surface area contributed by atoms with E-state index in [1.165, 1.54) is 8.71 Å². The first-order valence-corrected chi connectivity index (χ1v) is 12.5. The number of aromatic nitrogens is 2. The lowest BCUT2D eigenvalue weighted by molar-refractivity contribution is -0.189. The second kappa shape index (κ2) is 8.54. The maximum atomic E-state index is 13.6. The topological polar surface area (TPSA) is 84.2 Å². The second-order valence-electron chi connectivity index (χ2n) is 8.94. The summed E-state index contributed by atoms with van der Waals surface area (Å²) in [5, 5.41) is 0. The first-order valence-electron chi connectivity index (χ1n) is 10.7. The lowest BCUT2D eigenvalue weighted by atomic mass is 9.71. The third-order valence-electron chi connectivity index (χ3n) is 6.74. The summed E-state index contributed by atoms with van der Waals surface area (Å²) in [6.45, 7) is 1.46. The third-order valence-corrected chi connectivity index (χ3v) is 8.04. The summed E-state index contributed by atoms with van der Waals surface area (Å²) in [5.74, 6) is -3.40. The molecule has 0 radical (unpaired) electrons. The molecule has 15 heteroatoms. The average Bonchev–Trinajstić information content (AvgIpc) is 3.15. The van der Waals surface area contributed by atoms with Gasteiger partial charge in [0.15, 0.2) is 0 Å². The predicted octanol–water partition coefficient (Wildman–Crippen LogP) is 3.46. The van der Waals surface area contributed by atoms with Crippen LogP contribution in [0.2, 0.25) is 0 Å². The number of piperidine rings is 2. The number of carbonyl (C=O) groups excluding carboxylic acids is 1. The van der Waals surface area contributed by atoms with E-state index in [-0.39, 0.29) is 11.2 Å². The molecule has 2 aliphatic rings. The van der Waals surface area contributed by atoms with Crippen LogP contribution in [-0.2, 0) is 21.0 Å². The number of carbonyl (C=O) groups is 1. The average molecular weight is 528 g/mol. The Morgan fingerprint density at radius 2 is 1.57 bits per heavy atom. The smallest absolute Gasteiger partial charge is 0.398 e. The van der Waals surface area contributed by atoms with Crippen molar-refractivity contribution in [2.45, 2.75) is 38.0 Å². The van der Waals surface area contributed by atoms with Crippen LogP contribution in [0.1, 0.15) is 31.2 Å². The highest BCUT2D eigenvalue weighted by Crippen LogP contribution is 2.43. The van der Waals surface area contributed by atoms with Crippen molar-refractivity contribution in [1.29, 1.82) is 0 Å². The molecule has 2 aromatic heterocycles. The molecule has 0 bridgehead atoms. The molecule has 0 amide bonds. The van der Waals surface area contributed by atoms with Gasteiger partial charge in [-0.15, -0.1) is 0 Å². The Morgan fingerprint density at radius 3 is 2.09 bits per heavy atom. The van der Waals surface area contributed by atoms with E-state index in [4.69, 9.17) is 0 Å². The van der Waals surface area contributed by atoms with Crippen molar-refractivity contribution in [3.05, 3.63) is 24.0 Å². The van der Waals surface area contributed by atoms with Crippen molar-refractivity contribution in [1.82, 2.24) is 13.7 Å². The van der Waals surface area contributed by atoms with Gasteiger partial charge in [0.2, 0.25) is 15.9 Å². The SMILES string of the molecule is CS(=O)(=O)N1CCC2(CCN(c3cc(C(F)(F)F)cc4c(OC(=O)C(F)(F)F)ncn34)CC2)CC1. The molecule has 1 spiro atoms. The van der Waals surface area contributed by atoms with Gasteiger partial charge >= 0.3 is 18.3 Å². The van der Waals surface area contributed by atoms with Gasteiger partial charge in [0.1, 0.15) is 17.7 Å². The number of sulfonamides is 1. The number of fused-ring (bicyclic) bond motifs is 1. The van der Waals surface area contributed by atoms with Crippen LogP contribution in [0.4, 0.5) is 32.2 Å². The summed E-state index contributed by atoms with van der Waals surface area (Å²) >= 11 is 0. The molecule has 0 N–H and O–H groups in total. The van der Waals surface area contributed by atoms with Gasteiger partial charge in [-0.1, -0.05) is 0 Å². The predicted molar refractivity (Wildman–Crippen MR) is 111 cm³/mol. The number of anilines is 1. The first-order chi connectivity index (χ1) is 16.1. The molecule has 0 aliphatic carbocycles. The monoisotopic (exact) mass is 528 g/mol. The fourth-order valence-corrected chi connectivity index (χ4v) is 5.53. The number of nitrogens with zero attached hydrogens (tertiary/aromatic N) is 4. The molecule has 2 fully saturated rings. The van der Waals surface area contributed by atoms with Crippen molar-refractivity contribution >= 4 is 27.3 Å². The Kier molecular flexibility index (Phi) is 6.23. The highest BCUT2D eigenvalue weighted by molar-refractivity contribution is 7.88. The van der Waals surface area contributed by atoms with Gasteiger partial charge in [0.05, 0.1) is 11.8 Å². The van der Waals surface area contributed by atoms with Gasteiger partial charge in [0, 0.05) is 26.2 Å². The Morgan fingerprint density at radius 1 is 1.00 bits per heavy atom. The molecule has 194 valence electrons. The number of hydrogen-bond acceptors (Lipinski definition) is 6. The lowest BCUT2D eigenvalue weighted by Gasteiger charge is -2.46. The molecule has 2 aromatic rings. The molecule has 0 saturated carbocycles. The highest BCUT2D eigenvalue weighted by atomic mass is 32.2. The summed E-state index contributed by atoms with van der Waals surface area (Å²) in [5.41, 5.74) is -1.68. The largest absolute Gasteiger partial charge is 0.491 e. The van der Waals surface area contributed by atoms with E-state index in [0.29, 0.717) is 57.9 Å². The van der Waals surface area contributed by atoms with E-state index in [1.54, 1.807) is 4.90 Å². The number of hydrogen-bond donors (Lipinski definition) is 0. The zero-order chi connectivity index (χ0) is 25.8. The minimum Gasteiger partial charge on any atom is -0.398 e. The molecular weight excluding hydrogens is 506 g/mol. The standard InChI is InChI=1S/C20H22F6N4O4S/c1-35(32,33)29-8-4-18(5-9-29)2-6-28(7-3-18)15-11-13(19(21,22)23)10-14-16(27-12-30(14)15)34-17(31)20(24,25)26/h10-12H,2-9H2,1H3. The number of imidazole rings is 1. The van der Waals surface area contributed by atoms with E-state index in [0.717, 1.165) is 18.6 Å². The maximum absolute atomic E-state index is 13.6. The van der Waals surface area contributed by atoms with E-state index in [1.807, 2.05) is 0 Å². The van der Waals surface area contributed by atoms with Gasteiger partial charge in [0.25, 0.3) is 0 Å². The van der Waals surface area contributed by atoms with Crippen LogP contribution < -0.4 is 9.64 Å². The van der Waals surface area contributed by atoms with E-state index < -0.39 is 45.3 Å². The number of pyridine rings is 1. The van der Waals surface area contributed by atoms with Gasteiger partial charge in [-0.2, -0.15) is 26.3 Å². The molecule has 0 aromatic carbocycles. The van der Waals surface area contributed by atoms with Gasteiger partial charge in [-0.25, -0.2) is 22.5 Å². The molecule has 2 saturated heterocycles. The second-order valence-corrected chi connectivity index (χ2v) is 10.9. The van der Waals surface area contributed by atoms with Crippen molar-refractivity contribution < 1.29 is 44.3 Å². The van der Waals surface area contributed by atoms with Crippen LogP contribution >= 0.6 is 0 Å². The summed E-state index contributed by atoms with van der Waals surface area (Å²) in [7, 11) is -3.29. The number of rotatable bonds is 3. The van der Waals surface area contributed by atoms with Gasteiger partial charge < -0.3 is 9.64 Å². The molecule has 4 heterocycles. The quantitative estimate of drug-likeness (QED) is 0.448. The Labute approximate surface area is 196 Å². The van der Waals surface area contributed by atoms with Gasteiger partial charge in [-0.05, 0) is 43.2 Å². The summed E-state index contributed by atoms with van der Waals surface area (Å²) in [6.07, 6.45) is -5.50. The molecular formula is C20H22F6N4O4S. The molecule has 4 rings (SSSR count). The van der Waals surface area contributed by atoms with Crippen LogP contribution in [0.25, 0.3) is 5.52 Å². The molecule has 35 heavy (non-hydrogen) atoms. The molecule has 0 unspecified atom stereocenters. The third kappa shape index (κ3) is 5.20. The number of alkyl halides is 6. The zero-order valence-electron chi connectivity index (χ0n) is 18.5. The van der Waals surface area contributed by atoms with Crippen LogP contribution in [0.5, 0.6) is 5.88 Å². The van der Waals surface area contributed by atoms with Crippen molar-refractivity contribution in [2.24, 2.45) is 5.41 Å². The molecule has 2 aliphatic heterocycles. The summed E-state index contributed by atoms with van der Waals surface area (Å²) in [6, 6.07) is 1.47. The van der Waals surface area contributed by atoms with Crippen molar-refractivity contribution in [2.75, 3.05) is 37.3 Å². The van der Waals surface area contributed by atoms with Crippen LogP contribution in [0, 0.1) is 5.41 Å². The number of esters is 1. The van der Waals surface area contributed by atoms with Crippen LogP contribution in [0.15, 0.2) is 18.5 Å². The summed E-state index contributed by atoms with van der Waals surface area (Å²) in [4.78, 5) is 16.5. The molecule has 0 atom stereocenters. The first kappa shape index (κ1) is 25.5. The zero-order valence-corrected chi connectivity index (χ0v) is 19.3. The minimum absolute atomic E-state index is 0.0556. The molecule has 8 nitrogen and oxygen atoms in total. The van der Waals surface area contributed by atoms with E-state index in [2.05, 4.69) is 9.72 Å². The lowest BCUT2D eigenvalue weighted by Crippen LogP contribution is -2.48. The van der Waals surface area contributed by atoms with Crippen LogP contribution in [-0.4, -0.2) is 66.7 Å². The number of ether oxygens (including phenoxy) is 1. The fraction of sp³-hybridized carbons (Fsp3) is 0.600. The van der Waals surface area contributed by atoms with Gasteiger partial charge in [-0.3, -0.25) is 4.40 Å². The van der Waals surface area contributed by atoms with Crippen molar-refractivity contribution in [3.8, 4) is 5.88 Å². The van der Waals surface area contributed by atoms with E-state index >= 15 is 0 Å². The van der Waals surface area contributed by atoms with E-state index in [9.17, 15) is 39.6 Å². The Balaban J connectivity index is 1.60. The normalized spacial score (nSPS) is 19.9.